The molecule has 0 saturated heterocycles. The molecular formula is C20H18FN3O4S. The summed E-state index contributed by atoms with van der Waals surface area (Å²) in [5.41, 5.74) is 1.74. The third-order valence-electron chi connectivity index (χ3n) is 4.48. The number of rotatable bonds is 5. The molecule has 0 saturated carbocycles. The number of nitrogens with one attached hydrogen (secondary N) is 1. The van der Waals surface area contributed by atoms with Crippen LogP contribution >= 0.6 is 12.2 Å². The minimum Gasteiger partial charge on any atom is -0.463 e. The summed E-state index contributed by atoms with van der Waals surface area (Å²) in [6, 6.07) is 10.9. The maximum absolute atomic E-state index is 13.3. The molecule has 0 unspecified atom stereocenters. The molecule has 3 rings (SSSR count). The molecule has 1 N–H and O–H groups in total. The number of ether oxygens (including phenoxy) is 1. The van der Waals surface area contributed by atoms with Crippen molar-refractivity contribution in [2.75, 3.05) is 11.5 Å². The van der Waals surface area contributed by atoms with E-state index >= 15 is 0 Å². The largest absolute Gasteiger partial charge is 0.463 e. The number of anilines is 1. The first-order valence-electron chi connectivity index (χ1n) is 8.82. The third kappa shape index (κ3) is 4.09. The van der Waals surface area contributed by atoms with Crippen LogP contribution in [0.15, 0.2) is 59.8 Å². The second-order valence-corrected chi connectivity index (χ2v) is 6.65. The van der Waals surface area contributed by atoms with Crippen LogP contribution in [0.1, 0.15) is 25.5 Å². The predicted octanol–water partition coefficient (Wildman–Crippen LogP) is 4.01. The van der Waals surface area contributed by atoms with Crippen molar-refractivity contribution in [3.8, 4) is 0 Å². The molecule has 0 fully saturated rings. The normalized spacial score (nSPS) is 16.4. The van der Waals surface area contributed by atoms with Crippen molar-refractivity contribution in [2.24, 2.45) is 0 Å². The Hall–Kier alpha value is -3.33. The van der Waals surface area contributed by atoms with Gasteiger partial charge in [-0.2, -0.15) is 0 Å². The molecular weight excluding hydrogens is 397 g/mol. The van der Waals surface area contributed by atoms with Crippen molar-refractivity contribution < 1.29 is 18.8 Å². The van der Waals surface area contributed by atoms with Gasteiger partial charge in [0, 0.05) is 23.5 Å². The second kappa shape index (κ2) is 8.36. The Balaban J connectivity index is 2.13. The van der Waals surface area contributed by atoms with E-state index in [1.807, 2.05) is 0 Å². The van der Waals surface area contributed by atoms with E-state index in [-0.39, 0.29) is 23.0 Å². The van der Waals surface area contributed by atoms with Crippen LogP contribution in [0.25, 0.3) is 0 Å². The van der Waals surface area contributed by atoms with E-state index < -0.39 is 22.8 Å². The number of halogens is 1. The van der Waals surface area contributed by atoms with Crippen molar-refractivity contribution in [2.45, 2.75) is 19.9 Å². The highest BCUT2D eigenvalue weighted by molar-refractivity contribution is 7.80. The molecule has 0 amide bonds. The van der Waals surface area contributed by atoms with Crippen LogP contribution in [0.3, 0.4) is 0 Å². The molecule has 1 aliphatic rings. The van der Waals surface area contributed by atoms with Crippen LogP contribution in [0.2, 0.25) is 0 Å². The van der Waals surface area contributed by atoms with Gasteiger partial charge in [0.1, 0.15) is 5.82 Å². The summed E-state index contributed by atoms with van der Waals surface area (Å²) < 4.78 is 18.6. The lowest BCUT2D eigenvalue weighted by molar-refractivity contribution is -0.384. The quantitative estimate of drug-likeness (QED) is 0.342. The van der Waals surface area contributed by atoms with Gasteiger partial charge in [-0.3, -0.25) is 15.0 Å². The number of nitro groups is 1. The molecule has 9 heteroatoms. The number of nitro benzene ring substituents is 1. The zero-order valence-electron chi connectivity index (χ0n) is 15.7. The highest BCUT2D eigenvalue weighted by Crippen LogP contribution is 2.35. The van der Waals surface area contributed by atoms with Crippen molar-refractivity contribution >= 4 is 34.7 Å². The smallest absolute Gasteiger partial charge is 0.338 e. The maximum atomic E-state index is 13.3. The number of hydrogen-bond donors (Lipinski definition) is 1. The lowest BCUT2D eigenvalue weighted by Crippen LogP contribution is -2.48. The number of non-ortho nitro benzene ring substituents is 1. The minimum absolute atomic E-state index is 0.1000. The maximum Gasteiger partial charge on any atom is 0.338 e. The summed E-state index contributed by atoms with van der Waals surface area (Å²) in [4.78, 5) is 25.0. The van der Waals surface area contributed by atoms with Crippen molar-refractivity contribution in [1.29, 1.82) is 0 Å². The first-order chi connectivity index (χ1) is 13.8. The Morgan fingerprint density at radius 1 is 1.31 bits per heavy atom. The lowest BCUT2D eigenvalue weighted by atomic mass is 9.94. The average Bonchev–Trinajstić information content (AvgIpc) is 2.69. The Morgan fingerprint density at radius 2 is 2.00 bits per heavy atom. The number of thiocarbonyl (C=S) groups is 1. The molecule has 7 nitrogen and oxygen atoms in total. The molecule has 150 valence electrons. The van der Waals surface area contributed by atoms with Gasteiger partial charge in [0.15, 0.2) is 5.11 Å². The van der Waals surface area contributed by atoms with Crippen LogP contribution in [0.4, 0.5) is 15.8 Å². The van der Waals surface area contributed by atoms with Crippen LogP contribution < -0.4 is 10.2 Å². The number of allylic oxidation sites excluding steroid dienone is 1. The molecule has 0 bridgehead atoms. The first-order valence-corrected chi connectivity index (χ1v) is 9.22. The third-order valence-corrected chi connectivity index (χ3v) is 4.78. The molecule has 2 aromatic rings. The van der Waals surface area contributed by atoms with Gasteiger partial charge in [0.2, 0.25) is 0 Å². The van der Waals surface area contributed by atoms with Crippen LogP contribution in [0, 0.1) is 15.9 Å². The number of esters is 1. The zero-order valence-corrected chi connectivity index (χ0v) is 16.5. The van der Waals surface area contributed by atoms with Gasteiger partial charge < -0.3 is 10.1 Å². The topological polar surface area (TPSA) is 84.7 Å². The van der Waals surface area contributed by atoms with Crippen LogP contribution in [0.5, 0.6) is 0 Å². The molecule has 0 aliphatic carbocycles. The number of carbonyl (C=O) groups is 1. The Labute approximate surface area is 171 Å². The van der Waals surface area contributed by atoms with Gasteiger partial charge in [-0.1, -0.05) is 12.1 Å². The standard InChI is InChI=1S/C20H18FN3O4S/c1-3-28-19(25)17-12(2)23(15-9-7-14(21)8-10-15)20(29)22-18(17)13-5-4-6-16(11-13)24(26)27/h4-11,18H,3H2,1-2H3,(H,22,29)/t18-/m0/s1. The van der Waals surface area contributed by atoms with E-state index in [0.29, 0.717) is 16.9 Å². The molecule has 0 radical (unpaired) electrons. The Bertz CT molecular complexity index is 1010. The van der Waals surface area contributed by atoms with Gasteiger partial charge in [0.05, 0.1) is 23.1 Å². The average molecular weight is 415 g/mol. The number of carbonyl (C=O) groups excluding carboxylic acids is 1. The summed E-state index contributed by atoms with van der Waals surface area (Å²) in [5, 5.41) is 14.5. The molecule has 29 heavy (non-hydrogen) atoms. The highest BCUT2D eigenvalue weighted by atomic mass is 32.1. The van der Waals surface area contributed by atoms with Crippen molar-refractivity contribution in [1.82, 2.24) is 5.32 Å². The van der Waals surface area contributed by atoms with Gasteiger partial charge >= 0.3 is 5.97 Å². The van der Waals surface area contributed by atoms with E-state index in [1.165, 1.54) is 24.3 Å². The number of nitrogens with zero attached hydrogens (tertiary/aromatic N) is 2. The van der Waals surface area contributed by atoms with E-state index in [0.717, 1.165) is 0 Å². The molecule has 1 aliphatic heterocycles. The summed E-state index contributed by atoms with van der Waals surface area (Å²) >= 11 is 5.49. The van der Waals surface area contributed by atoms with E-state index in [2.05, 4.69) is 5.32 Å². The fourth-order valence-corrected chi connectivity index (χ4v) is 3.55. The van der Waals surface area contributed by atoms with E-state index in [4.69, 9.17) is 17.0 Å². The van der Waals surface area contributed by atoms with Crippen LogP contribution in [-0.2, 0) is 9.53 Å². The Kier molecular flexibility index (Phi) is 5.88. The summed E-state index contributed by atoms with van der Waals surface area (Å²) in [6.45, 7) is 3.56. The summed E-state index contributed by atoms with van der Waals surface area (Å²) in [6.07, 6.45) is 0. The molecule has 1 atom stereocenters. The number of benzene rings is 2. The second-order valence-electron chi connectivity index (χ2n) is 6.27. The zero-order chi connectivity index (χ0) is 21.1. The van der Waals surface area contributed by atoms with Crippen molar-refractivity contribution in [3.63, 3.8) is 0 Å². The molecule has 0 spiro atoms. The lowest BCUT2D eigenvalue weighted by Gasteiger charge is -2.37. The molecule has 1 heterocycles. The summed E-state index contributed by atoms with van der Waals surface area (Å²) in [5.74, 6) is -0.963. The van der Waals surface area contributed by atoms with Gasteiger partial charge in [-0.05, 0) is 55.9 Å². The fourth-order valence-electron chi connectivity index (χ4n) is 3.19. The monoisotopic (exact) mass is 415 g/mol. The van der Waals surface area contributed by atoms with Gasteiger partial charge in [-0.15, -0.1) is 0 Å². The highest BCUT2D eigenvalue weighted by Gasteiger charge is 2.35. The molecule has 2 aromatic carbocycles. The fraction of sp³-hybridized carbons (Fsp3) is 0.200. The van der Waals surface area contributed by atoms with Gasteiger partial charge in [-0.25, -0.2) is 9.18 Å². The van der Waals surface area contributed by atoms with Crippen molar-refractivity contribution in [3.05, 3.63) is 81.3 Å². The van der Waals surface area contributed by atoms with E-state index in [9.17, 15) is 19.3 Å². The van der Waals surface area contributed by atoms with Gasteiger partial charge in [0.25, 0.3) is 5.69 Å². The van der Waals surface area contributed by atoms with E-state index in [1.54, 1.807) is 43.0 Å². The number of hydrogen-bond acceptors (Lipinski definition) is 5. The molecule has 0 aromatic heterocycles. The van der Waals surface area contributed by atoms with Crippen LogP contribution in [-0.4, -0.2) is 22.6 Å². The summed E-state index contributed by atoms with van der Waals surface area (Å²) in [7, 11) is 0. The minimum atomic E-state index is -0.724. The predicted molar refractivity (Wildman–Crippen MR) is 110 cm³/mol. The first kappa shape index (κ1) is 20.4. The SMILES string of the molecule is CCOC(=O)C1=C(C)N(c2ccc(F)cc2)C(=S)N[C@H]1c1cccc([N+](=O)[O-])c1. The Morgan fingerprint density at radius 3 is 2.62 bits per heavy atom.